The van der Waals surface area contributed by atoms with E-state index in [0.29, 0.717) is 0 Å². The maximum absolute atomic E-state index is 12.2. The monoisotopic (exact) mass is 165 g/mol. The molecule has 6 heteroatoms. The summed E-state index contributed by atoms with van der Waals surface area (Å²) >= 11 is 0. The smallest absolute Gasteiger partial charge is 0.338 e. The summed E-state index contributed by atoms with van der Waals surface area (Å²) in [5.74, 6) is -3.10. The number of hydrogen-bond acceptors (Lipinski definition) is 3. The Morgan fingerprint density at radius 1 is 1.36 bits per heavy atom. The molecule has 0 bridgehead atoms. The van der Waals surface area contributed by atoms with E-state index in [0.717, 1.165) is 0 Å². The quantitative estimate of drug-likeness (QED) is 0.506. The molecule has 0 radical (unpaired) electrons. The van der Waals surface area contributed by atoms with E-state index in [1.807, 2.05) is 0 Å². The molecule has 0 aromatic carbocycles. The van der Waals surface area contributed by atoms with Crippen LogP contribution in [-0.2, 0) is 9.59 Å². The van der Waals surface area contributed by atoms with Crippen LogP contribution in [0.1, 0.15) is 6.42 Å². The van der Waals surface area contributed by atoms with Crippen molar-refractivity contribution in [1.82, 2.24) is 0 Å². The van der Waals surface area contributed by atoms with E-state index in [9.17, 15) is 14.0 Å². The van der Waals surface area contributed by atoms with Crippen LogP contribution in [0.5, 0.6) is 0 Å². The standard InChI is InChI=1S/C5H8FNO4/c6-2(4(8)9)1-3(7)5(10)11/h2-3H,1,7H2,(H,8,9)(H,10,11)/t2?,3-/m0/s1. The molecule has 0 aliphatic rings. The van der Waals surface area contributed by atoms with Gasteiger partial charge in [-0.2, -0.15) is 0 Å². The van der Waals surface area contributed by atoms with Crippen LogP contribution in [0, 0.1) is 0 Å². The van der Waals surface area contributed by atoms with Crippen molar-refractivity contribution in [1.29, 1.82) is 0 Å². The predicted molar refractivity (Wildman–Crippen MR) is 32.8 cm³/mol. The summed E-state index contributed by atoms with van der Waals surface area (Å²) in [4.78, 5) is 19.8. The van der Waals surface area contributed by atoms with Gasteiger partial charge >= 0.3 is 11.9 Å². The lowest BCUT2D eigenvalue weighted by Gasteiger charge is -2.06. The summed E-state index contributed by atoms with van der Waals surface area (Å²) in [6.07, 6.45) is -2.91. The van der Waals surface area contributed by atoms with Crippen LogP contribution in [-0.4, -0.2) is 34.4 Å². The Balaban J connectivity index is 3.84. The second-order valence-corrected chi connectivity index (χ2v) is 1.99. The van der Waals surface area contributed by atoms with E-state index in [1.54, 1.807) is 0 Å². The lowest BCUT2D eigenvalue weighted by molar-refractivity contribution is -0.144. The molecule has 4 N–H and O–H groups in total. The summed E-state index contributed by atoms with van der Waals surface area (Å²) in [5, 5.41) is 16.1. The first-order valence-corrected chi connectivity index (χ1v) is 2.80. The second kappa shape index (κ2) is 3.87. The minimum Gasteiger partial charge on any atom is -0.480 e. The van der Waals surface area contributed by atoms with Crippen molar-refractivity contribution in [3.8, 4) is 0 Å². The fraction of sp³-hybridized carbons (Fsp3) is 0.600. The van der Waals surface area contributed by atoms with E-state index in [-0.39, 0.29) is 0 Å². The van der Waals surface area contributed by atoms with Crippen molar-refractivity contribution >= 4 is 11.9 Å². The highest BCUT2D eigenvalue weighted by Gasteiger charge is 2.23. The molecule has 0 aromatic rings. The third kappa shape index (κ3) is 3.51. The van der Waals surface area contributed by atoms with Crippen LogP contribution in [0.2, 0.25) is 0 Å². The van der Waals surface area contributed by atoms with Crippen molar-refractivity contribution in [2.45, 2.75) is 18.6 Å². The van der Waals surface area contributed by atoms with Gasteiger partial charge in [0.1, 0.15) is 6.04 Å². The van der Waals surface area contributed by atoms with Crippen molar-refractivity contribution in [2.24, 2.45) is 5.73 Å². The number of hydrogen-bond donors (Lipinski definition) is 3. The van der Waals surface area contributed by atoms with E-state index in [1.165, 1.54) is 0 Å². The normalized spacial score (nSPS) is 15.5. The average molecular weight is 165 g/mol. The van der Waals surface area contributed by atoms with Gasteiger partial charge in [0, 0.05) is 6.42 Å². The van der Waals surface area contributed by atoms with Gasteiger partial charge in [-0.1, -0.05) is 0 Å². The predicted octanol–water partition coefficient (Wildman–Crippen LogP) is -0.789. The lowest BCUT2D eigenvalue weighted by atomic mass is 10.1. The maximum atomic E-state index is 12.2. The van der Waals surface area contributed by atoms with Crippen LogP contribution in [0.3, 0.4) is 0 Å². The molecule has 0 amide bonds. The first kappa shape index (κ1) is 9.83. The zero-order valence-electron chi connectivity index (χ0n) is 5.53. The molecule has 0 fully saturated rings. The molecule has 1 unspecified atom stereocenters. The number of halogens is 1. The number of carbonyl (C=O) groups is 2. The molecular formula is C5H8FNO4. The lowest BCUT2D eigenvalue weighted by Crippen LogP contribution is -2.35. The van der Waals surface area contributed by atoms with Gasteiger partial charge in [-0.25, -0.2) is 9.18 Å². The molecule has 0 saturated carbocycles. The van der Waals surface area contributed by atoms with Crippen molar-refractivity contribution in [3.63, 3.8) is 0 Å². The molecule has 0 aromatic heterocycles. The highest BCUT2D eigenvalue weighted by atomic mass is 19.1. The van der Waals surface area contributed by atoms with Gasteiger partial charge < -0.3 is 15.9 Å². The number of carboxylic acids is 2. The van der Waals surface area contributed by atoms with Crippen molar-refractivity contribution < 1.29 is 24.2 Å². The first-order valence-electron chi connectivity index (χ1n) is 2.80. The first-order chi connectivity index (χ1) is 4.95. The van der Waals surface area contributed by atoms with E-state index in [4.69, 9.17) is 15.9 Å². The van der Waals surface area contributed by atoms with Gasteiger partial charge in [-0.15, -0.1) is 0 Å². The number of alkyl halides is 1. The Bertz CT molecular complexity index is 154. The Morgan fingerprint density at radius 3 is 2.09 bits per heavy atom. The summed E-state index contributed by atoms with van der Waals surface area (Å²) in [5.41, 5.74) is 4.85. The van der Waals surface area contributed by atoms with E-state index >= 15 is 0 Å². The van der Waals surface area contributed by atoms with Gasteiger partial charge in [0.05, 0.1) is 0 Å². The second-order valence-electron chi connectivity index (χ2n) is 1.99. The third-order valence-corrected chi connectivity index (χ3v) is 1.05. The summed E-state index contributed by atoms with van der Waals surface area (Å²) in [6, 6.07) is -1.46. The van der Waals surface area contributed by atoms with E-state index in [2.05, 4.69) is 0 Å². The number of aliphatic carboxylic acids is 2. The molecule has 0 saturated heterocycles. The van der Waals surface area contributed by atoms with Gasteiger partial charge in [0.25, 0.3) is 0 Å². The van der Waals surface area contributed by atoms with E-state index < -0.39 is 30.6 Å². The molecule has 11 heavy (non-hydrogen) atoms. The zero-order chi connectivity index (χ0) is 9.02. The Labute approximate surface area is 61.6 Å². The third-order valence-electron chi connectivity index (χ3n) is 1.05. The fourth-order valence-corrected chi connectivity index (χ4v) is 0.425. The number of nitrogens with two attached hydrogens (primary N) is 1. The van der Waals surface area contributed by atoms with Crippen LogP contribution >= 0.6 is 0 Å². The Kier molecular flexibility index (Phi) is 3.46. The minimum absolute atomic E-state index is 0.704. The topological polar surface area (TPSA) is 101 Å². The average Bonchev–Trinajstić information content (AvgIpc) is 1.87. The van der Waals surface area contributed by atoms with Crippen molar-refractivity contribution in [3.05, 3.63) is 0 Å². The maximum Gasteiger partial charge on any atom is 0.338 e. The van der Waals surface area contributed by atoms with Gasteiger partial charge in [0.15, 0.2) is 6.17 Å². The minimum atomic E-state index is -2.21. The zero-order valence-corrected chi connectivity index (χ0v) is 5.53. The number of rotatable bonds is 4. The molecule has 0 aliphatic heterocycles. The molecule has 5 nitrogen and oxygen atoms in total. The van der Waals surface area contributed by atoms with Crippen LogP contribution in [0.4, 0.5) is 4.39 Å². The van der Waals surface area contributed by atoms with Crippen LogP contribution in [0.15, 0.2) is 0 Å². The molecule has 0 rings (SSSR count). The molecule has 2 atom stereocenters. The van der Waals surface area contributed by atoms with Crippen LogP contribution < -0.4 is 5.73 Å². The molecule has 0 heterocycles. The van der Waals surface area contributed by atoms with Gasteiger partial charge in [0.2, 0.25) is 0 Å². The summed E-state index contributed by atoms with van der Waals surface area (Å²) in [7, 11) is 0. The summed E-state index contributed by atoms with van der Waals surface area (Å²) in [6.45, 7) is 0. The van der Waals surface area contributed by atoms with Crippen LogP contribution in [0.25, 0.3) is 0 Å². The molecule has 64 valence electrons. The summed E-state index contributed by atoms with van der Waals surface area (Å²) < 4.78 is 12.2. The van der Waals surface area contributed by atoms with Gasteiger partial charge in [-0.3, -0.25) is 4.79 Å². The molecule has 0 spiro atoms. The molecule has 0 aliphatic carbocycles. The Hall–Kier alpha value is -1.17. The highest BCUT2D eigenvalue weighted by Crippen LogP contribution is 2.00. The fourth-order valence-electron chi connectivity index (χ4n) is 0.425. The van der Waals surface area contributed by atoms with Crippen molar-refractivity contribution in [2.75, 3.05) is 0 Å². The highest BCUT2D eigenvalue weighted by molar-refractivity contribution is 5.76. The molecular weight excluding hydrogens is 157 g/mol. The number of carboxylic acid groups (broad SMARTS) is 2. The largest absolute Gasteiger partial charge is 0.480 e. The SMILES string of the molecule is N[C@@H](CC(F)C(=O)O)C(=O)O. The Morgan fingerprint density at radius 2 is 1.82 bits per heavy atom. The van der Waals surface area contributed by atoms with Gasteiger partial charge in [-0.05, 0) is 0 Å².